The first-order valence-corrected chi connectivity index (χ1v) is 11.7. The van der Waals surface area contributed by atoms with E-state index in [0.717, 1.165) is 45.0 Å². The highest BCUT2D eigenvalue weighted by Gasteiger charge is 2.40. The molecule has 186 valence electrons. The molecule has 0 amide bonds. The molecule has 0 saturated carbocycles. The summed E-state index contributed by atoms with van der Waals surface area (Å²) in [6.45, 7) is 10.1. The summed E-state index contributed by atoms with van der Waals surface area (Å²) in [7, 11) is 3.32. The maximum Gasteiger partial charge on any atom is 0.329 e. The molecule has 0 radical (unpaired) electrons. The van der Waals surface area contributed by atoms with Crippen molar-refractivity contribution in [3.8, 4) is 22.6 Å². The molecule has 1 aliphatic rings. The highest BCUT2D eigenvalue weighted by atomic mass is 16.5. The van der Waals surface area contributed by atoms with E-state index in [0.29, 0.717) is 45.2 Å². The molecule has 0 aliphatic carbocycles. The Balaban J connectivity index is 2.07. The fraction of sp³-hybridized carbons (Fsp3) is 0.519. The third-order valence-corrected chi connectivity index (χ3v) is 6.40. The zero-order valence-electron chi connectivity index (χ0n) is 21.1. The first-order valence-electron chi connectivity index (χ1n) is 11.7. The molecule has 7 heteroatoms. The van der Waals surface area contributed by atoms with Gasteiger partial charge in [0.05, 0.1) is 20.8 Å². The standard InChI is InChI=1S/C27H37NO6/c1-17(2)15-34-16-20-13-21(28-27(26(29)30)9-11-33-12-10-27)7-8-22(20)23-14-24(31-5)19(4)25(32-6)18(23)3/h7-8,13-14,17,28H,9-12,15-16H2,1-6H3,(H,29,30). The number of aliphatic carboxylic acids is 1. The average Bonchev–Trinajstić information content (AvgIpc) is 2.80. The lowest BCUT2D eigenvalue weighted by atomic mass is 9.89. The molecule has 0 spiro atoms. The maximum atomic E-state index is 12.1. The molecule has 7 nitrogen and oxygen atoms in total. The van der Waals surface area contributed by atoms with Gasteiger partial charge in [0.15, 0.2) is 0 Å². The summed E-state index contributed by atoms with van der Waals surface area (Å²) >= 11 is 0. The van der Waals surface area contributed by atoms with E-state index in [4.69, 9.17) is 18.9 Å². The second kappa shape index (κ2) is 11.1. The summed E-state index contributed by atoms with van der Waals surface area (Å²) in [6, 6.07) is 7.97. The fourth-order valence-electron chi connectivity index (χ4n) is 4.51. The first kappa shape index (κ1) is 25.8. The Morgan fingerprint density at radius 3 is 2.38 bits per heavy atom. The zero-order chi connectivity index (χ0) is 24.9. The van der Waals surface area contributed by atoms with Gasteiger partial charge in [-0.1, -0.05) is 19.9 Å². The minimum absolute atomic E-state index is 0.406. The third kappa shape index (κ3) is 5.47. The largest absolute Gasteiger partial charge is 0.496 e. The highest BCUT2D eigenvalue weighted by Crippen LogP contribution is 2.41. The Morgan fingerprint density at radius 2 is 1.79 bits per heavy atom. The number of hydrogen-bond acceptors (Lipinski definition) is 6. The highest BCUT2D eigenvalue weighted by molar-refractivity contribution is 5.84. The van der Waals surface area contributed by atoms with Crippen LogP contribution in [-0.2, 0) is 20.9 Å². The average molecular weight is 472 g/mol. The Labute approximate surface area is 202 Å². The molecule has 2 N–H and O–H groups in total. The predicted octanol–water partition coefficient (Wildman–Crippen LogP) is 5.21. The molecule has 0 atom stereocenters. The van der Waals surface area contributed by atoms with Crippen molar-refractivity contribution >= 4 is 11.7 Å². The second-order valence-corrected chi connectivity index (χ2v) is 9.32. The van der Waals surface area contributed by atoms with Crippen LogP contribution >= 0.6 is 0 Å². The number of ether oxygens (including phenoxy) is 4. The minimum Gasteiger partial charge on any atom is -0.496 e. The smallest absolute Gasteiger partial charge is 0.329 e. The number of carbonyl (C=O) groups is 1. The van der Waals surface area contributed by atoms with E-state index in [-0.39, 0.29) is 0 Å². The molecular weight excluding hydrogens is 434 g/mol. The van der Waals surface area contributed by atoms with Gasteiger partial charge in [-0.25, -0.2) is 4.79 Å². The van der Waals surface area contributed by atoms with Crippen LogP contribution in [0.3, 0.4) is 0 Å². The molecule has 34 heavy (non-hydrogen) atoms. The van der Waals surface area contributed by atoms with Gasteiger partial charge in [0.2, 0.25) is 0 Å². The predicted molar refractivity (Wildman–Crippen MR) is 133 cm³/mol. The number of anilines is 1. The fourth-order valence-corrected chi connectivity index (χ4v) is 4.51. The maximum absolute atomic E-state index is 12.1. The molecule has 1 aliphatic heterocycles. The van der Waals surface area contributed by atoms with Gasteiger partial charge in [-0.2, -0.15) is 0 Å². The molecule has 0 aromatic heterocycles. The van der Waals surface area contributed by atoms with E-state index in [2.05, 4.69) is 19.2 Å². The Morgan fingerprint density at radius 1 is 1.09 bits per heavy atom. The van der Waals surface area contributed by atoms with E-state index in [9.17, 15) is 9.90 Å². The Hall–Kier alpha value is -2.77. The van der Waals surface area contributed by atoms with E-state index in [1.165, 1.54) is 0 Å². The molecule has 3 rings (SSSR count). The summed E-state index contributed by atoms with van der Waals surface area (Å²) in [5.74, 6) is 1.09. The van der Waals surface area contributed by atoms with Gasteiger partial charge in [0, 0.05) is 43.9 Å². The van der Waals surface area contributed by atoms with Crippen LogP contribution in [0.15, 0.2) is 24.3 Å². The normalized spacial score (nSPS) is 15.3. The van der Waals surface area contributed by atoms with Crippen LogP contribution in [0.2, 0.25) is 0 Å². The summed E-state index contributed by atoms with van der Waals surface area (Å²) in [6.07, 6.45) is 0.823. The van der Waals surface area contributed by atoms with Crippen molar-refractivity contribution in [3.05, 3.63) is 41.0 Å². The van der Waals surface area contributed by atoms with Crippen molar-refractivity contribution in [2.24, 2.45) is 5.92 Å². The van der Waals surface area contributed by atoms with E-state index in [1.54, 1.807) is 14.2 Å². The molecular formula is C27H37NO6. The summed E-state index contributed by atoms with van der Waals surface area (Å²) in [5, 5.41) is 13.3. The first-order chi connectivity index (χ1) is 16.2. The number of carboxylic acid groups (broad SMARTS) is 1. The van der Waals surface area contributed by atoms with Crippen LogP contribution in [0.5, 0.6) is 11.5 Å². The summed E-state index contributed by atoms with van der Waals surface area (Å²) < 4.78 is 22.7. The topological polar surface area (TPSA) is 86.3 Å². The summed E-state index contributed by atoms with van der Waals surface area (Å²) in [4.78, 5) is 12.1. The van der Waals surface area contributed by atoms with Crippen LogP contribution in [0.4, 0.5) is 5.69 Å². The Bertz CT molecular complexity index is 1010. The van der Waals surface area contributed by atoms with Crippen molar-refractivity contribution in [1.82, 2.24) is 0 Å². The van der Waals surface area contributed by atoms with Crippen molar-refractivity contribution < 1.29 is 28.8 Å². The van der Waals surface area contributed by atoms with Gasteiger partial charge in [-0.3, -0.25) is 0 Å². The lowest BCUT2D eigenvalue weighted by Crippen LogP contribution is -2.50. The van der Waals surface area contributed by atoms with Gasteiger partial charge < -0.3 is 29.4 Å². The molecule has 1 heterocycles. The molecule has 2 aromatic rings. The van der Waals surface area contributed by atoms with Crippen LogP contribution < -0.4 is 14.8 Å². The lowest BCUT2D eigenvalue weighted by molar-refractivity contribution is -0.145. The van der Waals surface area contributed by atoms with E-state index >= 15 is 0 Å². The Kier molecular flexibility index (Phi) is 8.44. The van der Waals surface area contributed by atoms with Crippen LogP contribution in [-0.4, -0.2) is 50.7 Å². The van der Waals surface area contributed by atoms with Gasteiger partial charge in [-0.05, 0) is 60.2 Å². The summed E-state index contributed by atoms with van der Waals surface area (Å²) in [5.41, 5.74) is 4.63. The van der Waals surface area contributed by atoms with Crippen molar-refractivity contribution in [3.63, 3.8) is 0 Å². The van der Waals surface area contributed by atoms with Gasteiger partial charge >= 0.3 is 5.97 Å². The molecule has 2 aromatic carbocycles. The molecule has 0 bridgehead atoms. The number of nitrogens with one attached hydrogen (secondary N) is 1. The van der Waals surface area contributed by atoms with E-state index < -0.39 is 11.5 Å². The number of benzene rings is 2. The zero-order valence-corrected chi connectivity index (χ0v) is 21.1. The SMILES string of the molecule is COc1cc(-c2ccc(NC3(C(=O)O)CCOCC3)cc2COCC(C)C)c(C)c(OC)c1C. The molecule has 1 saturated heterocycles. The number of rotatable bonds is 10. The minimum atomic E-state index is -1.04. The van der Waals surface area contributed by atoms with E-state index in [1.807, 2.05) is 38.1 Å². The van der Waals surface area contributed by atoms with Crippen molar-refractivity contribution in [2.75, 3.05) is 39.4 Å². The van der Waals surface area contributed by atoms with Gasteiger partial charge in [-0.15, -0.1) is 0 Å². The number of carboxylic acids is 1. The third-order valence-electron chi connectivity index (χ3n) is 6.40. The monoisotopic (exact) mass is 471 g/mol. The van der Waals surface area contributed by atoms with Crippen molar-refractivity contribution in [2.45, 2.75) is 52.7 Å². The van der Waals surface area contributed by atoms with Crippen LogP contribution in [0.1, 0.15) is 43.4 Å². The van der Waals surface area contributed by atoms with Crippen LogP contribution in [0, 0.1) is 19.8 Å². The quantitative estimate of drug-likeness (QED) is 0.492. The number of methoxy groups -OCH3 is 2. The van der Waals surface area contributed by atoms with Gasteiger partial charge in [0.25, 0.3) is 0 Å². The second-order valence-electron chi connectivity index (χ2n) is 9.32. The lowest BCUT2D eigenvalue weighted by Gasteiger charge is -2.35. The van der Waals surface area contributed by atoms with Crippen molar-refractivity contribution in [1.29, 1.82) is 0 Å². The molecule has 1 fully saturated rings. The number of hydrogen-bond donors (Lipinski definition) is 2. The van der Waals surface area contributed by atoms with Crippen LogP contribution in [0.25, 0.3) is 11.1 Å². The molecule has 0 unspecified atom stereocenters. The van der Waals surface area contributed by atoms with Gasteiger partial charge in [0.1, 0.15) is 17.0 Å².